The Balaban J connectivity index is 2.18. The second-order valence-electron chi connectivity index (χ2n) is 3.12. The minimum atomic E-state index is -0.224. The topological polar surface area (TPSA) is 25.8 Å². The summed E-state index contributed by atoms with van der Waals surface area (Å²) in [6.45, 7) is 0. The molecule has 0 bridgehead atoms. The van der Waals surface area contributed by atoms with E-state index in [2.05, 4.69) is 32.6 Å². The SMILES string of the molecule is Fc1cccc(Cc2ncc(I)cn2)c1. The third-order valence-corrected chi connectivity index (χ3v) is 2.48. The summed E-state index contributed by atoms with van der Waals surface area (Å²) in [5.74, 6) is 0.485. The highest BCUT2D eigenvalue weighted by Crippen LogP contribution is 2.08. The van der Waals surface area contributed by atoms with Crippen LogP contribution in [0.2, 0.25) is 0 Å². The summed E-state index contributed by atoms with van der Waals surface area (Å²) in [5.41, 5.74) is 0.885. The van der Waals surface area contributed by atoms with E-state index >= 15 is 0 Å². The lowest BCUT2D eigenvalue weighted by atomic mass is 10.1. The summed E-state index contributed by atoms with van der Waals surface area (Å²) in [7, 11) is 0. The lowest BCUT2D eigenvalue weighted by Crippen LogP contribution is -1.96. The van der Waals surface area contributed by atoms with E-state index in [1.807, 2.05) is 6.07 Å². The van der Waals surface area contributed by atoms with Crippen LogP contribution in [0.4, 0.5) is 4.39 Å². The quantitative estimate of drug-likeness (QED) is 0.797. The van der Waals surface area contributed by atoms with E-state index in [0.29, 0.717) is 12.2 Å². The maximum absolute atomic E-state index is 12.9. The first-order chi connectivity index (χ1) is 7.24. The molecule has 0 aliphatic carbocycles. The Bertz CT molecular complexity index is 456. The van der Waals surface area contributed by atoms with Gasteiger partial charge in [-0.1, -0.05) is 12.1 Å². The molecule has 0 fully saturated rings. The van der Waals surface area contributed by atoms with Crippen LogP contribution in [0.1, 0.15) is 11.4 Å². The van der Waals surface area contributed by atoms with Crippen molar-refractivity contribution in [1.29, 1.82) is 0 Å². The molecule has 0 amide bonds. The molecule has 1 aromatic carbocycles. The van der Waals surface area contributed by atoms with E-state index in [1.165, 1.54) is 12.1 Å². The van der Waals surface area contributed by atoms with Crippen LogP contribution in [0, 0.1) is 9.39 Å². The van der Waals surface area contributed by atoms with Crippen LogP contribution in [0.25, 0.3) is 0 Å². The first kappa shape index (κ1) is 10.5. The van der Waals surface area contributed by atoms with Gasteiger partial charge in [0.05, 0.1) is 0 Å². The molecule has 0 saturated heterocycles. The zero-order valence-electron chi connectivity index (χ0n) is 7.82. The Morgan fingerprint density at radius 1 is 1.20 bits per heavy atom. The van der Waals surface area contributed by atoms with E-state index in [-0.39, 0.29) is 5.82 Å². The van der Waals surface area contributed by atoms with Gasteiger partial charge in [0.25, 0.3) is 0 Å². The van der Waals surface area contributed by atoms with Gasteiger partial charge >= 0.3 is 0 Å². The molecule has 0 saturated carbocycles. The first-order valence-electron chi connectivity index (χ1n) is 4.45. The van der Waals surface area contributed by atoms with E-state index in [1.54, 1.807) is 18.5 Å². The van der Waals surface area contributed by atoms with Gasteiger partial charge in [0.15, 0.2) is 0 Å². The number of aromatic nitrogens is 2. The molecular weight excluding hydrogens is 306 g/mol. The zero-order valence-corrected chi connectivity index (χ0v) is 9.98. The number of hydrogen-bond acceptors (Lipinski definition) is 2. The van der Waals surface area contributed by atoms with Crippen LogP contribution in [0.5, 0.6) is 0 Å². The van der Waals surface area contributed by atoms with Gasteiger partial charge in [-0.3, -0.25) is 0 Å². The Labute approximate surface area is 101 Å². The van der Waals surface area contributed by atoms with Crippen LogP contribution in [-0.4, -0.2) is 9.97 Å². The zero-order chi connectivity index (χ0) is 10.7. The molecule has 0 aliphatic heterocycles. The molecule has 0 radical (unpaired) electrons. The monoisotopic (exact) mass is 314 g/mol. The van der Waals surface area contributed by atoms with Crippen LogP contribution in [0.15, 0.2) is 36.7 Å². The minimum Gasteiger partial charge on any atom is -0.240 e. The predicted octanol–water partition coefficient (Wildman–Crippen LogP) is 2.81. The summed E-state index contributed by atoms with van der Waals surface area (Å²) in [6, 6.07) is 6.49. The average Bonchev–Trinajstić information content (AvgIpc) is 2.22. The van der Waals surface area contributed by atoms with Gasteiger partial charge in [-0.2, -0.15) is 0 Å². The van der Waals surface area contributed by atoms with E-state index in [4.69, 9.17) is 0 Å². The van der Waals surface area contributed by atoms with E-state index < -0.39 is 0 Å². The second-order valence-corrected chi connectivity index (χ2v) is 4.37. The average molecular weight is 314 g/mol. The maximum atomic E-state index is 12.9. The van der Waals surface area contributed by atoms with Crippen molar-refractivity contribution in [2.24, 2.45) is 0 Å². The van der Waals surface area contributed by atoms with Gasteiger partial charge in [0.1, 0.15) is 11.6 Å². The van der Waals surface area contributed by atoms with Crippen LogP contribution >= 0.6 is 22.6 Å². The summed E-state index contributed by atoms with van der Waals surface area (Å²) < 4.78 is 13.9. The van der Waals surface area contributed by atoms with Crippen LogP contribution in [0.3, 0.4) is 0 Å². The first-order valence-corrected chi connectivity index (χ1v) is 5.53. The molecule has 0 aliphatic rings. The summed E-state index contributed by atoms with van der Waals surface area (Å²) >= 11 is 2.15. The molecule has 15 heavy (non-hydrogen) atoms. The van der Waals surface area contributed by atoms with Gasteiger partial charge in [0, 0.05) is 22.4 Å². The van der Waals surface area contributed by atoms with Crippen LogP contribution < -0.4 is 0 Å². The molecule has 0 unspecified atom stereocenters. The number of nitrogens with zero attached hydrogens (tertiary/aromatic N) is 2. The Hall–Kier alpha value is -1.04. The fraction of sp³-hybridized carbons (Fsp3) is 0.0909. The Morgan fingerprint density at radius 3 is 2.60 bits per heavy atom. The largest absolute Gasteiger partial charge is 0.240 e. The molecule has 2 nitrogen and oxygen atoms in total. The second kappa shape index (κ2) is 4.65. The molecule has 0 atom stereocenters. The van der Waals surface area contributed by atoms with Crippen LogP contribution in [-0.2, 0) is 6.42 Å². The molecule has 4 heteroatoms. The number of hydrogen-bond donors (Lipinski definition) is 0. The third kappa shape index (κ3) is 2.95. The van der Waals surface area contributed by atoms with Crippen molar-refractivity contribution < 1.29 is 4.39 Å². The van der Waals surface area contributed by atoms with Crippen molar-refractivity contribution in [2.45, 2.75) is 6.42 Å². The van der Waals surface area contributed by atoms with Crippen molar-refractivity contribution >= 4 is 22.6 Å². The van der Waals surface area contributed by atoms with Crippen molar-refractivity contribution in [3.05, 3.63) is 57.4 Å². The van der Waals surface area contributed by atoms with Gasteiger partial charge in [-0.25, -0.2) is 14.4 Å². The highest BCUT2D eigenvalue weighted by molar-refractivity contribution is 14.1. The van der Waals surface area contributed by atoms with Gasteiger partial charge in [0.2, 0.25) is 0 Å². The number of halogens is 2. The predicted molar refractivity (Wildman–Crippen MR) is 64.0 cm³/mol. The fourth-order valence-electron chi connectivity index (χ4n) is 1.26. The maximum Gasteiger partial charge on any atom is 0.132 e. The minimum absolute atomic E-state index is 0.224. The molecule has 0 spiro atoms. The number of benzene rings is 1. The standard InChI is InChI=1S/C11H8FIN2/c12-9-3-1-2-8(4-9)5-11-14-6-10(13)7-15-11/h1-4,6-7H,5H2. The molecule has 1 heterocycles. The van der Waals surface area contributed by atoms with Crippen molar-refractivity contribution in [3.63, 3.8) is 0 Å². The molecule has 2 aromatic rings. The summed E-state index contributed by atoms with van der Waals surface area (Å²) in [5, 5.41) is 0. The summed E-state index contributed by atoms with van der Waals surface area (Å²) in [6.07, 6.45) is 4.07. The smallest absolute Gasteiger partial charge is 0.132 e. The molecule has 76 valence electrons. The van der Waals surface area contributed by atoms with E-state index in [0.717, 1.165) is 9.13 Å². The van der Waals surface area contributed by atoms with Gasteiger partial charge in [-0.15, -0.1) is 0 Å². The third-order valence-electron chi connectivity index (χ3n) is 1.93. The van der Waals surface area contributed by atoms with E-state index in [9.17, 15) is 4.39 Å². The molecule has 0 N–H and O–H groups in total. The lowest BCUT2D eigenvalue weighted by Gasteiger charge is -2.00. The van der Waals surface area contributed by atoms with Crippen molar-refractivity contribution in [2.75, 3.05) is 0 Å². The molecule has 2 rings (SSSR count). The van der Waals surface area contributed by atoms with Crippen molar-refractivity contribution in [1.82, 2.24) is 9.97 Å². The lowest BCUT2D eigenvalue weighted by molar-refractivity contribution is 0.625. The number of rotatable bonds is 2. The fourth-order valence-corrected chi connectivity index (χ4v) is 1.54. The Morgan fingerprint density at radius 2 is 1.93 bits per heavy atom. The molecule has 1 aromatic heterocycles. The van der Waals surface area contributed by atoms with Gasteiger partial charge in [-0.05, 0) is 40.3 Å². The summed E-state index contributed by atoms with van der Waals surface area (Å²) in [4.78, 5) is 8.32. The highest BCUT2D eigenvalue weighted by Gasteiger charge is 2.00. The normalized spacial score (nSPS) is 10.3. The Kier molecular flexibility index (Phi) is 3.25. The van der Waals surface area contributed by atoms with Gasteiger partial charge < -0.3 is 0 Å². The van der Waals surface area contributed by atoms with Crippen molar-refractivity contribution in [3.8, 4) is 0 Å². The highest BCUT2D eigenvalue weighted by atomic mass is 127. The molecular formula is C11H8FIN2.